The van der Waals surface area contributed by atoms with Crippen molar-refractivity contribution in [2.75, 3.05) is 6.61 Å². The molecule has 0 saturated heterocycles. The van der Waals surface area contributed by atoms with E-state index in [2.05, 4.69) is 10.1 Å². The summed E-state index contributed by atoms with van der Waals surface area (Å²) in [6, 6.07) is 0. The predicted molar refractivity (Wildman–Crippen MR) is 51.4 cm³/mol. The fourth-order valence-electron chi connectivity index (χ4n) is 1.40. The molecular weight excluding hydrogens is 232 g/mol. The molecule has 0 fully saturated rings. The molecular formula is C8H10N4O5. The van der Waals surface area contributed by atoms with Gasteiger partial charge in [0.25, 0.3) is 5.91 Å². The molecule has 0 spiro atoms. The van der Waals surface area contributed by atoms with E-state index in [4.69, 9.17) is 15.6 Å². The largest absolute Gasteiger partial charge is 0.506 e. The van der Waals surface area contributed by atoms with E-state index >= 15 is 0 Å². The normalized spacial score (nSPS) is 23.9. The van der Waals surface area contributed by atoms with Gasteiger partial charge in [0.2, 0.25) is 12.1 Å². The fraction of sp³-hybridized carbons (Fsp3) is 0.375. The van der Waals surface area contributed by atoms with Gasteiger partial charge in [-0.2, -0.15) is 0 Å². The summed E-state index contributed by atoms with van der Waals surface area (Å²) in [4.78, 5) is 14.4. The van der Waals surface area contributed by atoms with Crippen molar-refractivity contribution in [2.45, 2.75) is 12.3 Å². The minimum atomic E-state index is -1.39. The highest BCUT2D eigenvalue weighted by Crippen LogP contribution is 2.30. The second-order valence-electron chi connectivity index (χ2n) is 3.33. The zero-order valence-electron chi connectivity index (χ0n) is 8.52. The molecule has 0 aromatic carbocycles. The van der Waals surface area contributed by atoms with Gasteiger partial charge >= 0.3 is 0 Å². The van der Waals surface area contributed by atoms with Crippen molar-refractivity contribution >= 4 is 5.91 Å². The van der Waals surface area contributed by atoms with Gasteiger partial charge in [0.1, 0.15) is 12.9 Å². The number of aliphatic hydroxyl groups excluding tert-OH is 3. The molecule has 1 aromatic heterocycles. The number of primary amides is 1. The topological polar surface area (TPSA) is 144 Å². The van der Waals surface area contributed by atoms with Crippen molar-refractivity contribution in [3.05, 3.63) is 23.7 Å². The van der Waals surface area contributed by atoms with Crippen molar-refractivity contribution < 1.29 is 24.9 Å². The zero-order valence-corrected chi connectivity index (χ0v) is 8.52. The van der Waals surface area contributed by atoms with Crippen LogP contribution in [0.3, 0.4) is 0 Å². The Labute approximate surface area is 94.8 Å². The molecule has 9 heteroatoms. The lowest BCUT2D eigenvalue weighted by molar-refractivity contribution is -0.0222. The maximum atomic E-state index is 10.8. The van der Waals surface area contributed by atoms with Gasteiger partial charge in [-0.25, -0.2) is 9.67 Å². The number of hydrogen-bond donors (Lipinski definition) is 4. The molecule has 5 N–H and O–H groups in total. The van der Waals surface area contributed by atoms with Crippen LogP contribution in [0.15, 0.2) is 17.8 Å². The van der Waals surface area contributed by atoms with Crippen LogP contribution in [0, 0.1) is 0 Å². The van der Waals surface area contributed by atoms with E-state index in [1.807, 2.05) is 0 Å². The Kier molecular flexibility index (Phi) is 2.69. The van der Waals surface area contributed by atoms with Crippen LogP contribution in [0.1, 0.15) is 16.8 Å². The van der Waals surface area contributed by atoms with Crippen LogP contribution in [-0.2, 0) is 4.74 Å². The zero-order chi connectivity index (χ0) is 12.6. The van der Waals surface area contributed by atoms with Crippen LogP contribution >= 0.6 is 0 Å². The van der Waals surface area contributed by atoms with Gasteiger partial charge < -0.3 is 25.8 Å². The second kappa shape index (κ2) is 4.03. The number of aliphatic hydroxyl groups is 3. The van der Waals surface area contributed by atoms with Gasteiger partial charge in [0.05, 0.1) is 0 Å². The van der Waals surface area contributed by atoms with Crippen LogP contribution < -0.4 is 5.73 Å². The summed E-state index contributed by atoms with van der Waals surface area (Å²) in [5.41, 5.74) is 4.96. The van der Waals surface area contributed by atoms with Crippen LogP contribution in [0.5, 0.6) is 0 Å². The van der Waals surface area contributed by atoms with Crippen molar-refractivity contribution in [1.82, 2.24) is 14.8 Å². The van der Waals surface area contributed by atoms with Gasteiger partial charge in [-0.05, 0) is 0 Å². The van der Waals surface area contributed by atoms with Gasteiger partial charge in [-0.3, -0.25) is 4.79 Å². The van der Waals surface area contributed by atoms with Crippen LogP contribution in [0.2, 0.25) is 0 Å². The second-order valence-corrected chi connectivity index (χ2v) is 3.33. The highest BCUT2D eigenvalue weighted by Gasteiger charge is 2.37. The first-order valence-electron chi connectivity index (χ1n) is 4.63. The number of carbonyl (C=O) groups is 1. The lowest BCUT2D eigenvalue weighted by atomic mass is 10.3. The molecule has 2 heterocycles. The number of nitrogens with zero attached hydrogens (tertiary/aromatic N) is 3. The third kappa shape index (κ3) is 1.81. The molecule has 92 valence electrons. The molecule has 9 nitrogen and oxygen atoms in total. The molecule has 0 radical (unpaired) electrons. The number of amides is 1. The fourth-order valence-corrected chi connectivity index (χ4v) is 1.40. The molecule has 0 bridgehead atoms. The Hall–Kier alpha value is -2.13. The summed E-state index contributed by atoms with van der Waals surface area (Å²) in [5, 5.41) is 31.5. The summed E-state index contributed by atoms with van der Waals surface area (Å²) in [6.07, 6.45) is -1.35. The van der Waals surface area contributed by atoms with Gasteiger partial charge in [0.15, 0.2) is 17.6 Å². The molecule has 1 aromatic rings. The summed E-state index contributed by atoms with van der Waals surface area (Å²) >= 11 is 0. The summed E-state index contributed by atoms with van der Waals surface area (Å²) < 4.78 is 6.08. The average Bonchev–Trinajstić information content (AvgIpc) is 2.87. The number of nitrogens with two attached hydrogens (primary N) is 1. The van der Waals surface area contributed by atoms with Crippen LogP contribution in [-0.4, -0.2) is 48.7 Å². The quantitative estimate of drug-likeness (QED) is 0.481. The Bertz CT molecular complexity index is 482. The molecule has 2 atom stereocenters. The molecule has 2 rings (SSSR count). The Morgan fingerprint density at radius 2 is 2.35 bits per heavy atom. The smallest absolute Gasteiger partial charge is 0.288 e. The number of carbonyl (C=O) groups excluding carboxylic acids is 1. The van der Waals surface area contributed by atoms with Crippen molar-refractivity contribution in [3.8, 4) is 0 Å². The third-order valence-electron chi connectivity index (χ3n) is 2.23. The van der Waals surface area contributed by atoms with Crippen LogP contribution in [0.4, 0.5) is 0 Å². The number of hydrogen-bond acceptors (Lipinski definition) is 7. The minimum Gasteiger partial charge on any atom is -0.506 e. The number of ether oxygens (including phenoxy) is 1. The minimum absolute atomic E-state index is 0.154. The number of rotatable bonds is 3. The standard InChI is InChI=1S/C8H10N4O5/c9-6(16)7-10-2-12(11-7)8-5(15)4(14)3(1-13)17-8/h2,5,8,13-15H,1H2,(H2,9,16)/t5?,8-/m1/s1. The van der Waals surface area contributed by atoms with E-state index in [-0.39, 0.29) is 11.6 Å². The highest BCUT2D eigenvalue weighted by molar-refractivity contribution is 5.88. The molecule has 1 amide bonds. The SMILES string of the molecule is NC(=O)c1ncn([C@@H]2OC(CO)=C(O)C2O)n1. The average molecular weight is 242 g/mol. The first-order valence-corrected chi connectivity index (χ1v) is 4.63. The highest BCUT2D eigenvalue weighted by atomic mass is 16.5. The van der Waals surface area contributed by atoms with Gasteiger partial charge in [-0.15, -0.1) is 5.10 Å². The van der Waals surface area contributed by atoms with E-state index < -0.39 is 30.6 Å². The molecule has 1 unspecified atom stereocenters. The first kappa shape index (κ1) is 11.4. The molecule has 0 saturated carbocycles. The lowest BCUT2D eigenvalue weighted by Crippen LogP contribution is -2.23. The van der Waals surface area contributed by atoms with E-state index in [9.17, 15) is 15.0 Å². The van der Waals surface area contributed by atoms with Gasteiger partial charge in [-0.1, -0.05) is 0 Å². The molecule has 17 heavy (non-hydrogen) atoms. The van der Waals surface area contributed by atoms with Crippen LogP contribution in [0.25, 0.3) is 0 Å². The third-order valence-corrected chi connectivity index (χ3v) is 2.23. The van der Waals surface area contributed by atoms with Gasteiger partial charge in [0, 0.05) is 0 Å². The Morgan fingerprint density at radius 3 is 2.82 bits per heavy atom. The van der Waals surface area contributed by atoms with Crippen molar-refractivity contribution in [3.63, 3.8) is 0 Å². The summed E-state index contributed by atoms with van der Waals surface area (Å²) in [6.45, 7) is -0.559. The monoisotopic (exact) mass is 242 g/mol. The number of aromatic nitrogens is 3. The Morgan fingerprint density at radius 1 is 1.65 bits per heavy atom. The van der Waals surface area contributed by atoms with E-state index in [1.54, 1.807) is 0 Å². The first-order chi connectivity index (χ1) is 8.04. The predicted octanol–water partition coefficient (Wildman–Crippen LogP) is -1.97. The summed E-state index contributed by atoms with van der Waals surface area (Å²) in [5.74, 6) is -1.69. The van der Waals surface area contributed by atoms with Crippen molar-refractivity contribution in [1.29, 1.82) is 0 Å². The van der Waals surface area contributed by atoms with E-state index in [0.29, 0.717) is 0 Å². The van der Waals surface area contributed by atoms with Crippen molar-refractivity contribution in [2.24, 2.45) is 5.73 Å². The van der Waals surface area contributed by atoms with E-state index in [1.165, 1.54) is 0 Å². The maximum Gasteiger partial charge on any atom is 0.288 e. The molecule has 1 aliphatic heterocycles. The molecule has 0 aliphatic carbocycles. The lowest BCUT2D eigenvalue weighted by Gasteiger charge is -2.14. The molecule has 1 aliphatic rings. The summed E-state index contributed by atoms with van der Waals surface area (Å²) in [7, 11) is 0. The Balaban J connectivity index is 2.23. The maximum absolute atomic E-state index is 10.8. The van der Waals surface area contributed by atoms with E-state index in [0.717, 1.165) is 11.0 Å².